The summed E-state index contributed by atoms with van der Waals surface area (Å²) in [6.45, 7) is 0.638. The predicted octanol–water partition coefficient (Wildman–Crippen LogP) is 5.18. The van der Waals surface area contributed by atoms with Crippen LogP contribution in [0.3, 0.4) is 0 Å². The van der Waals surface area contributed by atoms with Crippen LogP contribution in [0.25, 0.3) is 0 Å². The smallest absolute Gasteiger partial charge is 0.381 e. The molecule has 1 aromatic carbocycles. The van der Waals surface area contributed by atoms with E-state index in [1.54, 1.807) is 19.2 Å². The normalized spacial score (nSPS) is 23.6. The summed E-state index contributed by atoms with van der Waals surface area (Å²) in [7, 11) is 1.67. The van der Waals surface area contributed by atoms with Crippen molar-refractivity contribution < 1.29 is 17.9 Å². The van der Waals surface area contributed by atoms with Crippen molar-refractivity contribution >= 4 is 0 Å². The summed E-state index contributed by atoms with van der Waals surface area (Å²) in [6, 6.07) is 5.66. The van der Waals surface area contributed by atoms with Crippen molar-refractivity contribution in [3.05, 3.63) is 47.5 Å². The predicted molar refractivity (Wildman–Crippen MR) is 77.2 cm³/mol. The molecule has 1 aliphatic rings. The summed E-state index contributed by atoms with van der Waals surface area (Å²) in [4.78, 5) is 0. The number of hydrogen-bond acceptors (Lipinski definition) is 1. The minimum Gasteiger partial charge on any atom is -0.381 e. The summed E-state index contributed by atoms with van der Waals surface area (Å²) < 4.78 is 42.6. The zero-order chi connectivity index (χ0) is 15.3. The van der Waals surface area contributed by atoms with Crippen molar-refractivity contribution in [2.24, 2.45) is 5.92 Å². The van der Waals surface area contributed by atoms with Gasteiger partial charge in [-0.1, -0.05) is 24.3 Å². The van der Waals surface area contributed by atoms with Crippen LogP contribution in [0.5, 0.6) is 0 Å². The van der Waals surface area contributed by atoms with Crippen LogP contribution in [0.15, 0.2) is 36.4 Å². The summed E-state index contributed by atoms with van der Waals surface area (Å²) in [6.07, 6.45) is 4.25. The van der Waals surface area contributed by atoms with E-state index in [2.05, 4.69) is 6.08 Å². The Morgan fingerprint density at radius 2 is 1.71 bits per heavy atom. The van der Waals surface area contributed by atoms with Gasteiger partial charge in [-0.25, -0.2) is 0 Å². The molecule has 21 heavy (non-hydrogen) atoms. The molecule has 0 bridgehead atoms. The Labute approximate surface area is 123 Å². The average molecular weight is 298 g/mol. The van der Waals surface area contributed by atoms with E-state index in [1.807, 2.05) is 6.08 Å². The van der Waals surface area contributed by atoms with Gasteiger partial charge in [0, 0.05) is 7.11 Å². The summed E-state index contributed by atoms with van der Waals surface area (Å²) >= 11 is 0. The number of alkyl halides is 3. The van der Waals surface area contributed by atoms with Gasteiger partial charge in [0.05, 0.1) is 12.2 Å². The minimum atomic E-state index is -4.25. The number of methoxy groups -OCH3 is 1. The van der Waals surface area contributed by atoms with E-state index in [9.17, 15) is 13.2 Å². The van der Waals surface area contributed by atoms with Crippen LogP contribution < -0.4 is 0 Å². The fraction of sp³-hybridized carbons (Fsp3) is 0.529. The highest BCUT2D eigenvalue weighted by Crippen LogP contribution is 2.37. The Hall–Kier alpha value is -1.29. The molecular weight excluding hydrogens is 277 g/mol. The molecule has 1 nitrogen and oxygen atoms in total. The van der Waals surface area contributed by atoms with Crippen molar-refractivity contribution in [2.45, 2.75) is 37.8 Å². The maximum Gasteiger partial charge on any atom is 0.416 e. The monoisotopic (exact) mass is 298 g/mol. The van der Waals surface area contributed by atoms with Gasteiger partial charge >= 0.3 is 6.18 Å². The van der Waals surface area contributed by atoms with Gasteiger partial charge in [-0.3, -0.25) is 0 Å². The summed E-state index contributed by atoms with van der Waals surface area (Å²) in [5.41, 5.74) is 0.463. The van der Waals surface area contributed by atoms with E-state index in [0.29, 0.717) is 18.4 Å². The van der Waals surface area contributed by atoms with Crippen molar-refractivity contribution in [2.75, 3.05) is 13.7 Å². The largest absolute Gasteiger partial charge is 0.416 e. The van der Waals surface area contributed by atoms with Gasteiger partial charge in [0.1, 0.15) is 0 Å². The highest BCUT2D eigenvalue weighted by atomic mass is 19.4. The molecular formula is C17H21F3O. The number of rotatable bonds is 4. The Kier molecular flexibility index (Phi) is 5.45. The lowest BCUT2D eigenvalue weighted by molar-refractivity contribution is -0.137. The van der Waals surface area contributed by atoms with E-state index < -0.39 is 11.7 Å². The first-order valence-corrected chi connectivity index (χ1v) is 7.33. The molecule has 0 unspecified atom stereocenters. The standard InChI is InChI=1S/C17H21F3O/c1-21-12-2-3-13-4-6-14(7-5-13)15-8-10-16(11-9-15)17(18,19)20/h2-3,8-11,13-14H,4-7,12H2,1H3. The Morgan fingerprint density at radius 1 is 1.10 bits per heavy atom. The van der Waals surface area contributed by atoms with Gasteiger partial charge in [-0.15, -0.1) is 0 Å². The molecule has 0 N–H and O–H groups in total. The highest BCUT2D eigenvalue weighted by Gasteiger charge is 2.30. The number of benzene rings is 1. The van der Waals surface area contributed by atoms with Gasteiger partial charge in [0.15, 0.2) is 0 Å². The molecule has 0 aromatic heterocycles. The first-order chi connectivity index (χ1) is 10.0. The van der Waals surface area contributed by atoms with Crippen molar-refractivity contribution in [1.29, 1.82) is 0 Å². The van der Waals surface area contributed by atoms with Gasteiger partial charge in [0.25, 0.3) is 0 Å². The molecule has 0 amide bonds. The SMILES string of the molecule is COCC=CC1CCC(c2ccc(C(F)(F)F)cc2)CC1. The number of allylic oxidation sites excluding steroid dienone is 1. The molecule has 1 fully saturated rings. The summed E-state index contributed by atoms with van der Waals surface area (Å²) in [5, 5.41) is 0. The Bertz CT molecular complexity index is 454. The maximum absolute atomic E-state index is 12.5. The van der Waals surface area contributed by atoms with Crippen LogP contribution in [0.4, 0.5) is 13.2 Å². The van der Waals surface area contributed by atoms with Crippen molar-refractivity contribution in [3.8, 4) is 0 Å². The second kappa shape index (κ2) is 7.12. The lowest BCUT2D eigenvalue weighted by atomic mass is 9.78. The van der Waals surface area contributed by atoms with Crippen LogP contribution >= 0.6 is 0 Å². The first-order valence-electron chi connectivity index (χ1n) is 7.33. The maximum atomic E-state index is 12.5. The molecule has 0 radical (unpaired) electrons. The lowest BCUT2D eigenvalue weighted by Gasteiger charge is -2.27. The number of ether oxygens (including phenoxy) is 1. The molecule has 4 heteroatoms. The zero-order valence-corrected chi connectivity index (χ0v) is 12.2. The van der Waals surface area contributed by atoms with Crippen LogP contribution in [0.2, 0.25) is 0 Å². The second-order valence-corrected chi connectivity index (χ2v) is 5.61. The molecule has 116 valence electrons. The minimum absolute atomic E-state index is 0.388. The molecule has 1 aliphatic carbocycles. The molecule has 0 spiro atoms. The number of halogens is 3. The first kappa shape index (κ1) is 16.1. The molecule has 0 aliphatic heterocycles. The molecule has 1 saturated carbocycles. The quantitative estimate of drug-likeness (QED) is 0.696. The second-order valence-electron chi connectivity index (χ2n) is 5.61. The average Bonchev–Trinajstić information content (AvgIpc) is 2.48. The fourth-order valence-electron chi connectivity index (χ4n) is 2.93. The third-order valence-electron chi connectivity index (χ3n) is 4.15. The number of hydrogen-bond donors (Lipinski definition) is 0. The van der Waals surface area contributed by atoms with Crippen molar-refractivity contribution in [1.82, 2.24) is 0 Å². The van der Waals surface area contributed by atoms with Gasteiger partial charge in [0.2, 0.25) is 0 Å². The zero-order valence-electron chi connectivity index (χ0n) is 12.2. The Morgan fingerprint density at radius 3 is 2.24 bits per heavy atom. The van der Waals surface area contributed by atoms with Crippen LogP contribution in [-0.2, 0) is 10.9 Å². The molecule has 0 heterocycles. The van der Waals surface area contributed by atoms with Crippen LogP contribution in [-0.4, -0.2) is 13.7 Å². The third kappa shape index (κ3) is 4.60. The molecule has 2 rings (SSSR count). The molecule has 0 saturated heterocycles. The van der Waals surface area contributed by atoms with Crippen LogP contribution in [0, 0.1) is 5.92 Å². The van der Waals surface area contributed by atoms with Crippen molar-refractivity contribution in [3.63, 3.8) is 0 Å². The van der Waals surface area contributed by atoms with E-state index in [-0.39, 0.29) is 0 Å². The topological polar surface area (TPSA) is 9.23 Å². The lowest BCUT2D eigenvalue weighted by Crippen LogP contribution is -2.12. The van der Waals surface area contributed by atoms with E-state index in [1.165, 1.54) is 12.1 Å². The molecule has 0 atom stereocenters. The van der Waals surface area contributed by atoms with E-state index >= 15 is 0 Å². The van der Waals surface area contributed by atoms with E-state index in [0.717, 1.165) is 31.2 Å². The van der Waals surface area contributed by atoms with Gasteiger partial charge in [-0.2, -0.15) is 13.2 Å². The summed E-state index contributed by atoms with van der Waals surface area (Å²) in [5.74, 6) is 0.963. The van der Waals surface area contributed by atoms with Crippen LogP contribution in [0.1, 0.15) is 42.7 Å². The Balaban J connectivity index is 1.90. The highest BCUT2D eigenvalue weighted by molar-refractivity contribution is 5.27. The van der Waals surface area contributed by atoms with Gasteiger partial charge in [-0.05, 0) is 55.2 Å². The molecule has 1 aromatic rings. The van der Waals surface area contributed by atoms with Gasteiger partial charge < -0.3 is 4.74 Å². The fourth-order valence-corrected chi connectivity index (χ4v) is 2.93. The van der Waals surface area contributed by atoms with E-state index in [4.69, 9.17) is 4.74 Å². The third-order valence-corrected chi connectivity index (χ3v) is 4.15.